The van der Waals surface area contributed by atoms with Crippen LogP contribution in [0.25, 0.3) is 0 Å². The first-order chi connectivity index (χ1) is 9.60. The van der Waals surface area contributed by atoms with Crippen molar-refractivity contribution in [2.24, 2.45) is 5.73 Å². The highest BCUT2D eigenvalue weighted by Gasteiger charge is 2.15. The summed E-state index contributed by atoms with van der Waals surface area (Å²) in [6.45, 7) is 2.25. The Morgan fingerprint density at radius 2 is 2.00 bits per heavy atom. The second-order valence-electron chi connectivity index (χ2n) is 5.46. The zero-order valence-corrected chi connectivity index (χ0v) is 11.9. The quantitative estimate of drug-likeness (QED) is 0.774. The fourth-order valence-corrected chi connectivity index (χ4v) is 2.52. The average molecular weight is 274 g/mol. The molecule has 4 heteroatoms. The van der Waals surface area contributed by atoms with Crippen molar-refractivity contribution in [1.29, 1.82) is 0 Å². The number of Topliss-reactive ketones (excluding diaryl/α,β-unsaturated/α-hetero) is 1. The second kappa shape index (κ2) is 6.66. The maximum Gasteiger partial charge on any atom is 0.220 e. The minimum atomic E-state index is -0.113. The predicted octanol–water partition coefficient (Wildman–Crippen LogP) is 1.60. The van der Waals surface area contributed by atoms with Gasteiger partial charge < -0.3 is 11.1 Å². The molecule has 3 N–H and O–H groups in total. The number of nitrogens with one attached hydrogen (secondary N) is 1. The van der Waals surface area contributed by atoms with Crippen LogP contribution in [0.5, 0.6) is 0 Å². The van der Waals surface area contributed by atoms with Crippen LogP contribution >= 0.6 is 0 Å². The van der Waals surface area contributed by atoms with E-state index in [1.54, 1.807) is 0 Å². The number of benzene rings is 1. The Balaban J connectivity index is 1.87. The van der Waals surface area contributed by atoms with Gasteiger partial charge >= 0.3 is 0 Å². The van der Waals surface area contributed by atoms with Gasteiger partial charge in [0, 0.05) is 31.0 Å². The van der Waals surface area contributed by atoms with Crippen molar-refractivity contribution in [2.45, 2.75) is 45.1 Å². The zero-order chi connectivity index (χ0) is 14.5. The molecular weight excluding hydrogens is 252 g/mol. The van der Waals surface area contributed by atoms with E-state index in [1.165, 1.54) is 17.5 Å². The minimum absolute atomic E-state index is 0.0373. The molecular formula is C16H22N2O2. The highest BCUT2D eigenvalue weighted by atomic mass is 16.2. The standard InChI is InChI=1S/C16H22N2O2/c1-11(10-17)18-16(20)8-7-15(19)14-6-5-12-3-2-4-13(12)9-14/h5-6,9,11H,2-4,7-8,10,17H2,1H3,(H,18,20)/t11-/m0/s1. The van der Waals surface area contributed by atoms with Crippen molar-refractivity contribution in [2.75, 3.05) is 6.54 Å². The third-order valence-corrected chi connectivity index (χ3v) is 3.76. The molecule has 20 heavy (non-hydrogen) atoms. The number of fused-ring (bicyclic) bond motifs is 1. The maximum atomic E-state index is 12.1. The van der Waals surface area contributed by atoms with Gasteiger partial charge in [-0.2, -0.15) is 0 Å². The van der Waals surface area contributed by atoms with Crippen molar-refractivity contribution >= 4 is 11.7 Å². The summed E-state index contributed by atoms with van der Waals surface area (Å²) in [5.41, 5.74) is 8.81. The normalized spacial score (nSPS) is 14.7. The van der Waals surface area contributed by atoms with Crippen LogP contribution in [0.15, 0.2) is 18.2 Å². The highest BCUT2D eigenvalue weighted by Crippen LogP contribution is 2.23. The van der Waals surface area contributed by atoms with Gasteiger partial charge in [-0.05, 0) is 43.4 Å². The van der Waals surface area contributed by atoms with Crippen LogP contribution in [-0.4, -0.2) is 24.3 Å². The van der Waals surface area contributed by atoms with Crippen molar-refractivity contribution in [3.05, 3.63) is 34.9 Å². The molecule has 0 heterocycles. The Morgan fingerprint density at radius 1 is 1.25 bits per heavy atom. The molecule has 1 aliphatic rings. The fraction of sp³-hybridized carbons (Fsp3) is 0.500. The van der Waals surface area contributed by atoms with Gasteiger partial charge in [-0.1, -0.05) is 12.1 Å². The minimum Gasteiger partial charge on any atom is -0.352 e. The fourth-order valence-electron chi connectivity index (χ4n) is 2.52. The monoisotopic (exact) mass is 274 g/mol. The molecule has 0 aliphatic heterocycles. The molecule has 1 aromatic rings. The van der Waals surface area contributed by atoms with Gasteiger partial charge in [0.1, 0.15) is 0 Å². The SMILES string of the molecule is C[C@@H](CN)NC(=O)CCC(=O)c1ccc2c(c1)CCC2. The zero-order valence-electron chi connectivity index (χ0n) is 11.9. The molecule has 0 saturated heterocycles. The van der Waals surface area contributed by atoms with Crippen LogP contribution in [0.3, 0.4) is 0 Å². The van der Waals surface area contributed by atoms with E-state index in [2.05, 4.69) is 5.32 Å². The maximum absolute atomic E-state index is 12.1. The van der Waals surface area contributed by atoms with E-state index in [-0.39, 0.29) is 30.6 Å². The van der Waals surface area contributed by atoms with E-state index >= 15 is 0 Å². The number of ketones is 1. The number of rotatable bonds is 6. The third kappa shape index (κ3) is 3.67. The van der Waals surface area contributed by atoms with Crippen molar-refractivity contribution in [3.8, 4) is 0 Å². The molecule has 0 unspecified atom stereocenters. The number of hydrogen-bond donors (Lipinski definition) is 2. The summed E-state index contributed by atoms with van der Waals surface area (Å²) in [5, 5.41) is 2.76. The molecule has 1 atom stereocenters. The molecule has 1 aromatic carbocycles. The van der Waals surface area contributed by atoms with E-state index < -0.39 is 0 Å². The number of hydrogen-bond acceptors (Lipinski definition) is 3. The summed E-state index contributed by atoms with van der Waals surface area (Å²) < 4.78 is 0. The Morgan fingerprint density at radius 3 is 2.75 bits per heavy atom. The number of carbonyl (C=O) groups is 2. The Kier molecular flexibility index (Phi) is 4.90. The molecule has 2 rings (SSSR count). The molecule has 0 aromatic heterocycles. The number of amides is 1. The van der Waals surface area contributed by atoms with Crippen molar-refractivity contribution < 1.29 is 9.59 Å². The molecule has 108 valence electrons. The lowest BCUT2D eigenvalue weighted by molar-refractivity contribution is -0.121. The lowest BCUT2D eigenvalue weighted by atomic mass is 10.0. The molecule has 0 saturated carbocycles. The lowest BCUT2D eigenvalue weighted by Crippen LogP contribution is -2.37. The molecule has 1 aliphatic carbocycles. The number of carbonyl (C=O) groups excluding carboxylic acids is 2. The summed E-state index contributed by atoms with van der Waals surface area (Å²) >= 11 is 0. The average Bonchev–Trinajstić information content (AvgIpc) is 2.91. The van der Waals surface area contributed by atoms with Gasteiger partial charge in [0.15, 0.2) is 5.78 Å². The predicted molar refractivity (Wildman–Crippen MR) is 78.7 cm³/mol. The molecule has 0 bridgehead atoms. The van der Waals surface area contributed by atoms with E-state index in [4.69, 9.17) is 5.73 Å². The van der Waals surface area contributed by atoms with Gasteiger partial charge in [0.2, 0.25) is 5.91 Å². The van der Waals surface area contributed by atoms with Crippen LogP contribution in [-0.2, 0) is 17.6 Å². The third-order valence-electron chi connectivity index (χ3n) is 3.76. The largest absolute Gasteiger partial charge is 0.352 e. The van der Waals surface area contributed by atoms with Crippen LogP contribution in [0.2, 0.25) is 0 Å². The van der Waals surface area contributed by atoms with E-state index in [9.17, 15) is 9.59 Å². The molecule has 0 spiro atoms. The highest BCUT2D eigenvalue weighted by molar-refractivity contribution is 5.98. The van der Waals surface area contributed by atoms with Gasteiger partial charge in [-0.15, -0.1) is 0 Å². The van der Waals surface area contributed by atoms with Crippen LogP contribution in [0.4, 0.5) is 0 Å². The topological polar surface area (TPSA) is 72.2 Å². The van der Waals surface area contributed by atoms with Crippen LogP contribution < -0.4 is 11.1 Å². The Hall–Kier alpha value is -1.68. The van der Waals surface area contributed by atoms with Gasteiger partial charge in [-0.25, -0.2) is 0 Å². The molecule has 0 radical (unpaired) electrons. The molecule has 1 amide bonds. The van der Waals surface area contributed by atoms with E-state index in [1.807, 2.05) is 25.1 Å². The van der Waals surface area contributed by atoms with Crippen LogP contribution in [0.1, 0.15) is 47.7 Å². The smallest absolute Gasteiger partial charge is 0.220 e. The summed E-state index contributed by atoms with van der Waals surface area (Å²) in [6.07, 6.45) is 3.82. The number of aryl methyl sites for hydroxylation is 2. The summed E-state index contributed by atoms with van der Waals surface area (Å²) in [6, 6.07) is 5.88. The Labute approximate surface area is 119 Å². The lowest BCUT2D eigenvalue weighted by Gasteiger charge is -2.11. The van der Waals surface area contributed by atoms with Crippen molar-refractivity contribution in [3.63, 3.8) is 0 Å². The van der Waals surface area contributed by atoms with Crippen molar-refractivity contribution in [1.82, 2.24) is 5.32 Å². The molecule has 0 fully saturated rings. The van der Waals surface area contributed by atoms with Gasteiger partial charge in [0.25, 0.3) is 0 Å². The first-order valence-corrected chi connectivity index (χ1v) is 7.24. The van der Waals surface area contributed by atoms with Gasteiger partial charge in [0.05, 0.1) is 0 Å². The van der Waals surface area contributed by atoms with Gasteiger partial charge in [-0.3, -0.25) is 9.59 Å². The van der Waals surface area contributed by atoms with Crippen LogP contribution in [0, 0.1) is 0 Å². The number of nitrogens with two attached hydrogens (primary N) is 1. The Bertz CT molecular complexity index is 511. The second-order valence-corrected chi connectivity index (χ2v) is 5.46. The summed E-state index contributed by atoms with van der Waals surface area (Å²) in [7, 11) is 0. The summed E-state index contributed by atoms with van der Waals surface area (Å²) in [4.78, 5) is 23.7. The molecule has 4 nitrogen and oxygen atoms in total. The van der Waals surface area contributed by atoms with E-state index in [0.717, 1.165) is 18.4 Å². The van der Waals surface area contributed by atoms with E-state index in [0.29, 0.717) is 6.54 Å². The first-order valence-electron chi connectivity index (χ1n) is 7.24. The summed E-state index contributed by atoms with van der Waals surface area (Å²) in [5.74, 6) is -0.0762. The first kappa shape index (κ1) is 14.7.